The number of carbonyl (C=O) groups excluding carboxylic acids is 1. The first kappa shape index (κ1) is 15.0. The minimum atomic E-state index is -4.79. The molecule has 1 aromatic rings. The zero-order chi connectivity index (χ0) is 14.5. The highest BCUT2D eigenvalue weighted by Gasteiger charge is 2.41. The lowest BCUT2D eigenvalue weighted by molar-refractivity contribution is -0.170. The summed E-state index contributed by atoms with van der Waals surface area (Å²) < 4.78 is 37.5. The third-order valence-electron chi connectivity index (χ3n) is 2.32. The normalized spacial score (nSPS) is 12.8. The van der Waals surface area contributed by atoms with Crippen LogP contribution in [0.2, 0.25) is 0 Å². The summed E-state index contributed by atoms with van der Waals surface area (Å²) in [7, 11) is 0. The lowest BCUT2D eigenvalue weighted by Crippen LogP contribution is -2.47. The molecule has 0 aliphatic rings. The lowest BCUT2D eigenvalue weighted by Gasteiger charge is -2.19. The number of carbonyl (C=O) groups is 2. The average molecular weight is 275 g/mol. The maximum Gasteiger partial charge on any atom is 0.409 e. The first-order chi connectivity index (χ1) is 8.79. The van der Waals surface area contributed by atoms with Gasteiger partial charge in [0, 0.05) is 0 Å². The lowest BCUT2D eigenvalue weighted by atomic mass is 10.1. The third-order valence-corrected chi connectivity index (χ3v) is 2.32. The molecule has 19 heavy (non-hydrogen) atoms. The van der Waals surface area contributed by atoms with Gasteiger partial charge < -0.3 is 10.4 Å². The smallest absolute Gasteiger partial charge is 0.409 e. The number of aliphatic carboxylic acids is 1. The van der Waals surface area contributed by atoms with Crippen LogP contribution < -0.4 is 5.32 Å². The van der Waals surface area contributed by atoms with Gasteiger partial charge in [0.15, 0.2) is 0 Å². The number of hydrogen-bond acceptors (Lipinski definition) is 2. The van der Waals surface area contributed by atoms with Crippen LogP contribution in [0.3, 0.4) is 0 Å². The van der Waals surface area contributed by atoms with Gasteiger partial charge in [0.2, 0.25) is 5.91 Å². The van der Waals surface area contributed by atoms with E-state index in [0.717, 1.165) is 0 Å². The Morgan fingerprint density at radius 1 is 1.21 bits per heavy atom. The van der Waals surface area contributed by atoms with Crippen molar-refractivity contribution in [3.05, 3.63) is 35.9 Å². The zero-order valence-electron chi connectivity index (χ0n) is 9.78. The monoisotopic (exact) mass is 275 g/mol. The number of amides is 1. The molecular weight excluding hydrogens is 263 g/mol. The van der Waals surface area contributed by atoms with Crippen LogP contribution >= 0.6 is 0 Å². The zero-order valence-corrected chi connectivity index (χ0v) is 9.78. The summed E-state index contributed by atoms with van der Waals surface area (Å²) in [6.45, 7) is 0. The van der Waals surface area contributed by atoms with E-state index in [-0.39, 0.29) is 6.42 Å². The van der Waals surface area contributed by atoms with Crippen LogP contribution in [0.15, 0.2) is 30.3 Å². The fraction of sp³-hybridized carbons (Fsp3) is 0.333. The van der Waals surface area contributed by atoms with Crippen LogP contribution in [0.25, 0.3) is 0 Å². The summed E-state index contributed by atoms with van der Waals surface area (Å²) in [5, 5.41) is 10.1. The van der Waals surface area contributed by atoms with Crippen molar-refractivity contribution in [3.8, 4) is 0 Å². The molecule has 0 saturated heterocycles. The number of hydrogen-bond donors (Lipinski definition) is 2. The van der Waals surface area contributed by atoms with Gasteiger partial charge >= 0.3 is 12.1 Å². The van der Waals surface area contributed by atoms with Crippen LogP contribution in [0.4, 0.5) is 13.2 Å². The van der Waals surface area contributed by atoms with Crippen LogP contribution in [-0.2, 0) is 16.0 Å². The summed E-state index contributed by atoms with van der Waals surface area (Å²) in [5.41, 5.74) is 0.552. The van der Waals surface area contributed by atoms with Gasteiger partial charge in [-0.15, -0.1) is 0 Å². The molecule has 1 rings (SSSR count). The Kier molecular flexibility index (Phi) is 4.91. The fourth-order valence-electron chi connectivity index (χ4n) is 1.45. The van der Waals surface area contributed by atoms with Gasteiger partial charge in [-0.05, 0) is 5.56 Å². The quantitative estimate of drug-likeness (QED) is 0.860. The number of rotatable bonds is 5. The first-order valence-corrected chi connectivity index (χ1v) is 5.41. The molecule has 0 aliphatic heterocycles. The third kappa shape index (κ3) is 5.41. The Morgan fingerprint density at radius 3 is 2.26 bits per heavy atom. The molecule has 0 bridgehead atoms. The van der Waals surface area contributed by atoms with E-state index in [1.165, 1.54) is 0 Å². The molecule has 4 nitrogen and oxygen atoms in total. The predicted octanol–water partition coefficient (Wildman–Crippen LogP) is 1.75. The highest BCUT2D eigenvalue weighted by molar-refractivity contribution is 5.79. The van der Waals surface area contributed by atoms with Gasteiger partial charge in [-0.1, -0.05) is 30.3 Å². The first-order valence-electron chi connectivity index (χ1n) is 5.41. The van der Waals surface area contributed by atoms with Crippen LogP contribution in [0.5, 0.6) is 0 Å². The molecule has 0 spiro atoms. The summed E-state index contributed by atoms with van der Waals surface area (Å²) in [4.78, 5) is 21.8. The molecule has 2 N–H and O–H groups in total. The van der Waals surface area contributed by atoms with E-state index in [4.69, 9.17) is 5.11 Å². The van der Waals surface area contributed by atoms with E-state index in [9.17, 15) is 22.8 Å². The number of alkyl halides is 3. The second kappa shape index (κ2) is 6.21. The Bertz CT molecular complexity index is 445. The summed E-state index contributed by atoms with van der Waals surface area (Å²) >= 11 is 0. The minimum Gasteiger partial charge on any atom is -0.481 e. The SMILES string of the molecule is O=C(O)C[C@@H](NC(=O)Cc1ccccc1)C(F)(F)F. The standard InChI is InChI=1S/C12H12F3NO3/c13-12(14,15)9(7-11(18)19)16-10(17)6-8-4-2-1-3-5-8/h1-5,9H,6-7H2,(H,16,17)(H,18,19)/t9-/m1/s1. The second-order valence-electron chi connectivity index (χ2n) is 3.92. The maximum atomic E-state index is 12.5. The van der Waals surface area contributed by atoms with E-state index in [1.54, 1.807) is 35.6 Å². The highest BCUT2D eigenvalue weighted by atomic mass is 19.4. The molecule has 0 radical (unpaired) electrons. The van der Waals surface area contributed by atoms with E-state index in [1.807, 2.05) is 0 Å². The van der Waals surface area contributed by atoms with Gasteiger partial charge in [0.1, 0.15) is 6.04 Å². The molecule has 0 saturated carbocycles. The van der Waals surface area contributed by atoms with Crippen molar-refractivity contribution < 1.29 is 27.9 Å². The Labute approximate surface area is 107 Å². The maximum absolute atomic E-state index is 12.5. The molecular formula is C12H12F3NO3. The van der Waals surface area contributed by atoms with Gasteiger partial charge in [-0.25, -0.2) is 0 Å². The predicted molar refractivity (Wildman–Crippen MR) is 60.4 cm³/mol. The molecule has 0 aliphatic carbocycles. The minimum absolute atomic E-state index is 0.229. The van der Waals surface area contributed by atoms with Crippen LogP contribution in [-0.4, -0.2) is 29.2 Å². The number of halogens is 3. The van der Waals surface area contributed by atoms with E-state index >= 15 is 0 Å². The molecule has 104 valence electrons. The van der Waals surface area contributed by atoms with Crippen molar-refractivity contribution in [1.29, 1.82) is 0 Å². The summed E-state index contributed by atoms with van der Waals surface area (Å²) in [5.74, 6) is -2.49. The van der Waals surface area contributed by atoms with Gasteiger partial charge in [0.25, 0.3) is 0 Å². The molecule has 0 aromatic heterocycles. The van der Waals surface area contributed by atoms with E-state index in [0.29, 0.717) is 5.56 Å². The van der Waals surface area contributed by atoms with Crippen molar-refractivity contribution in [2.75, 3.05) is 0 Å². The van der Waals surface area contributed by atoms with Gasteiger partial charge in [-0.3, -0.25) is 9.59 Å². The number of nitrogens with one attached hydrogen (secondary N) is 1. The summed E-state index contributed by atoms with van der Waals surface area (Å²) in [6.07, 6.45) is -6.21. The molecule has 0 fully saturated rings. The van der Waals surface area contributed by atoms with Crippen LogP contribution in [0, 0.1) is 0 Å². The van der Waals surface area contributed by atoms with Crippen molar-refractivity contribution in [2.45, 2.75) is 25.1 Å². The van der Waals surface area contributed by atoms with Crippen molar-refractivity contribution in [3.63, 3.8) is 0 Å². The number of benzene rings is 1. The second-order valence-corrected chi connectivity index (χ2v) is 3.92. The van der Waals surface area contributed by atoms with E-state index < -0.39 is 30.5 Å². The molecule has 1 atom stereocenters. The number of carboxylic acid groups (broad SMARTS) is 1. The highest BCUT2D eigenvalue weighted by Crippen LogP contribution is 2.22. The molecule has 1 amide bonds. The molecule has 0 unspecified atom stereocenters. The van der Waals surface area contributed by atoms with Gasteiger partial charge in [0.05, 0.1) is 12.8 Å². The Balaban J connectivity index is 2.64. The van der Waals surface area contributed by atoms with E-state index in [2.05, 4.69) is 0 Å². The molecule has 0 heterocycles. The Morgan fingerprint density at radius 2 is 1.79 bits per heavy atom. The van der Waals surface area contributed by atoms with Crippen molar-refractivity contribution >= 4 is 11.9 Å². The Hall–Kier alpha value is -2.05. The molecule has 1 aromatic carbocycles. The van der Waals surface area contributed by atoms with Crippen LogP contribution in [0.1, 0.15) is 12.0 Å². The van der Waals surface area contributed by atoms with Gasteiger partial charge in [-0.2, -0.15) is 13.2 Å². The average Bonchev–Trinajstić information content (AvgIpc) is 2.27. The topological polar surface area (TPSA) is 66.4 Å². The van der Waals surface area contributed by atoms with Crippen molar-refractivity contribution in [1.82, 2.24) is 5.32 Å². The molecule has 7 heteroatoms. The van der Waals surface area contributed by atoms with Crippen molar-refractivity contribution in [2.24, 2.45) is 0 Å². The number of carboxylic acids is 1. The largest absolute Gasteiger partial charge is 0.481 e. The summed E-state index contributed by atoms with van der Waals surface area (Å²) in [6, 6.07) is 5.84. The fourth-order valence-corrected chi connectivity index (χ4v) is 1.45.